The van der Waals surface area contributed by atoms with Crippen molar-refractivity contribution in [3.8, 4) is 11.5 Å². The summed E-state index contributed by atoms with van der Waals surface area (Å²) in [5.41, 5.74) is 3.35. The third-order valence-electron chi connectivity index (χ3n) is 3.56. The number of aromatic hydroxyl groups is 1. The fourth-order valence-electron chi connectivity index (χ4n) is 2.43. The first-order valence-corrected chi connectivity index (χ1v) is 7.57. The number of nitrogens with zero attached hydrogens (tertiary/aromatic N) is 1. The summed E-state index contributed by atoms with van der Waals surface area (Å²) in [4.78, 5) is 0. The van der Waals surface area contributed by atoms with Gasteiger partial charge in [-0.05, 0) is 37.2 Å². The van der Waals surface area contributed by atoms with E-state index < -0.39 is 0 Å². The number of phenols is 1. The zero-order valence-corrected chi connectivity index (χ0v) is 12.9. The molecule has 6 heteroatoms. The standard InChI is InChI=1S/C15H21N3O2S/c1-20-13-9-5-6-11(14(13)19)10-16-18-15(21)17-12-7-3-2-4-8-12/h5-6,9-10,12,19H,2-4,7-8H2,1H3,(H2,17,18,21). The maximum atomic E-state index is 9.92. The average Bonchev–Trinajstić information content (AvgIpc) is 2.50. The maximum absolute atomic E-state index is 9.92. The second-order valence-corrected chi connectivity index (χ2v) is 5.48. The van der Waals surface area contributed by atoms with E-state index in [0.717, 1.165) is 12.8 Å². The Bertz CT molecular complexity index is 514. The molecule has 114 valence electrons. The molecule has 1 aliphatic carbocycles. The molecule has 1 aromatic rings. The third-order valence-corrected chi connectivity index (χ3v) is 3.77. The lowest BCUT2D eigenvalue weighted by Gasteiger charge is -2.23. The normalized spacial score (nSPS) is 15.9. The number of rotatable bonds is 4. The Labute approximate surface area is 130 Å². The molecule has 0 unspecified atom stereocenters. The SMILES string of the molecule is COc1cccc(C=NNC(=S)NC2CCCCC2)c1O. The number of thiocarbonyl (C=S) groups is 1. The van der Waals surface area contributed by atoms with Crippen molar-refractivity contribution in [1.82, 2.24) is 10.7 Å². The van der Waals surface area contributed by atoms with Crippen molar-refractivity contribution in [2.75, 3.05) is 7.11 Å². The van der Waals surface area contributed by atoms with Crippen LogP contribution in [-0.2, 0) is 0 Å². The van der Waals surface area contributed by atoms with E-state index in [0.29, 0.717) is 22.5 Å². The van der Waals surface area contributed by atoms with Crippen LogP contribution < -0.4 is 15.5 Å². The van der Waals surface area contributed by atoms with E-state index in [1.54, 1.807) is 18.2 Å². The number of hydrogen-bond donors (Lipinski definition) is 3. The molecule has 1 aliphatic rings. The van der Waals surface area contributed by atoms with Crippen LogP contribution in [0.5, 0.6) is 11.5 Å². The highest BCUT2D eigenvalue weighted by Gasteiger charge is 2.13. The van der Waals surface area contributed by atoms with Crippen LogP contribution >= 0.6 is 12.2 Å². The molecule has 0 radical (unpaired) electrons. The predicted octanol–water partition coefficient (Wildman–Crippen LogP) is 2.53. The van der Waals surface area contributed by atoms with Gasteiger partial charge in [0.15, 0.2) is 16.6 Å². The van der Waals surface area contributed by atoms with Crippen molar-refractivity contribution in [2.45, 2.75) is 38.1 Å². The molecule has 0 amide bonds. The molecule has 21 heavy (non-hydrogen) atoms. The van der Waals surface area contributed by atoms with E-state index in [-0.39, 0.29) is 5.75 Å². The Kier molecular flexibility index (Phi) is 5.80. The van der Waals surface area contributed by atoms with Gasteiger partial charge in [-0.3, -0.25) is 5.43 Å². The smallest absolute Gasteiger partial charge is 0.187 e. The number of para-hydroxylation sites is 1. The second kappa shape index (κ2) is 7.83. The largest absolute Gasteiger partial charge is 0.504 e. The van der Waals surface area contributed by atoms with Crippen LogP contribution in [0, 0.1) is 0 Å². The number of hydrogen-bond acceptors (Lipinski definition) is 4. The number of benzene rings is 1. The van der Waals surface area contributed by atoms with Gasteiger partial charge in [0, 0.05) is 11.6 Å². The maximum Gasteiger partial charge on any atom is 0.187 e. The second-order valence-electron chi connectivity index (χ2n) is 5.08. The average molecular weight is 307 g/mol. The summed E-state index contributed by atoms with van der Waals surface area (Å²) < 4.78 is 5.04. The van der Waals surface area contributed by atoms with Crippen LogP contribution in [0.2, 0.25) is 0 Å². The van der Waals surface area contributed by atoms with Gasteiger partial charge in [-0.2, -0.15) is 5.10 Å². The first-order chi connectivity index (χ1) is 10.2. The van der Waals surface area contributed by atoms with Gasteiger partial charge in [-0.25, -0.2) is 0 Å². The minimum atomic E-state index is 0.0664. The van der Waals surface area contributed by atoms with E-state index in [1.807, 2.05) is 0 Å². The minimum absolute atomic E-state index is 0.0664. The lowest BCUT2D eigenvalue weighted by atomic mass is 9.96. The Morgan fingerprint density at radius 2 is 2.14 bits per heavy atom. The minimum Gasteiger partial charge on any atom is -0.504 e. The Balaban J connectivity index is 1.85. The molecule has 0 spiro atoms. The first-order valence-electron chi connectivity index (χ1n) is 7.16. The van der Waals surface area contributed by atoms with Gasteiger partial charge < -0.3 is 15.2 Å². The van der Waals surface area contributed by atoms with E-state index in [2.05, 4.69) is 15.8 Å². The van der Waals surface area contributed by atoms with Crippen LogP contribution in [0.1, 0.15) is 37.7 Å². The molecule has 0 atom stereocenters. The van der Waals surface area contributed by atoms with Crippen molar-refractivity contribution >= 4 is 23.5 Å². The van der Waals surface area contributed by atoms with Gasteiger partial charge in [0.2, 0.25) is 0 Å². The van der Waals surface area contributed by atoms with E-state index in [1.165, 1.54) is 32.6 Å². The summed E-state index contributed by atoms with van der Waals surface area (Å²) in [6, 6.07) is 5.67. The topological polar surface area (TPSA) is 65.9 Å². The molecule has 0 saturated heterocycles. The van der Waals surface area contributed by atoms with Crippen molar-refractivity contribution < 1.29 is 9.84 Å². The van der Waals surface area contributed by atoms with E-state index >= 15 is 0 Å². The van der Waals surface area contributed by atoms with Crippen LogP contribution in [0.15, 0.2) is 23.3 Å². The lowest BCUT2D eigenvalue weighted by Crippen LogP contribution is -2.40. The van der Waals surface area contributed by atoms with Gasteiger partial charge >= 0.3 is 0 Å². The number of ether oxygens (including phenoxy) is 1. The monoisotopic (exact) mass is 307 g/mol. The molecule has 0 bridgehead atoms. The highest BCUT2D eigenvalue weighted by atomic mass is 32.1. The van der Waals surface area contributed by atoms with Gasteiger partial charge in [0.05, 0.1) is 13.3 Å². The van der Waals surface area contributed by atoms with Crippen molar-refractivity contribution in [1.29, 1.82) is 0 Å². The highest BCUT2D eigenvalue weighted by molar-refractivity contribution is 7.80. The van der Waals surface area contributed by atoms with Crippen molar-refractivity contribution in [2.24, 2.45) is 5.10 Å². The fourth-order valence-corrected chi connectivity index (χ4v) is 2.65. The van der Waals surface area contributed by atoms with Gasteiger partial charge in [-0.1, -0.05) is 25.3 Å². The Morgan fingerprint density at radius 3 is 2.86 bits per heavy atom. The molecule has 1 fully saturated rings. The summed E-state index contributed by atoms with van der Waals surface area (Å²) in [6.07, 6.45) is 7.64. The molecule has 1 saturated carbocycles. The molecule has 1 aromatic carbocycles. The summed E-state index contributed by atoms with van der Waals surface area (Å²) >= 11 is 5.21. The van der Waals surface area contributed by atoms with Gasteiger partial charge in [0.1, 0.15) is 0 Å². The molecule has 5 nitrogen and oxygen atoms in total. The zero-order valence-electron chi connectivity index (χ0n) is 12.1. The van der Waals surface area contributed by atoms with Crippen molar-refractivity contribution in [3.05, 3.63) is 23.8 Å². The van der Waals surface area contributed by atoms with Crippen LogP contribution in [0.4, 0.5) is 0 Å². The zero-order chi connectivity index (χ0) is 15.1. The lowest BCUT2D eigenvalue weighted by molar-refractivity contribution is 0.373. The van der Waals surface area contributed by atoms with Gasteiger partial charge in [-0.15, -0.1) is 0 Å². The van der Waals surface area contributed by atoms with Crippen LogP contribution in [0.3, 0.4) is 0 Å². The summed E-state index contributed by atoms with van der Waals surface area (Å²) in [5.74, 6) is 0.485. The Hall–Kier alpha value is -1.82. The molecule has 2 rings (SSSR count). The molecule has 0 aliphatic heterocycles. The van der Waals surface area contributed by atoms with E-state index in [9.17, 15) is 5.11 Å². The summed E-state index contributed by atoms with van der Waals surface area (Å²) in [7, 11) is 1.51. The van der Waals surface area contributed by atoms with Crippen LogP contribution in [-0.4, -0.2) is 29.6 Å². The molecule has 0 heterocycles. The first kappa shape index (κ1) is 15.6. The predicted molar refractivity (Wildman–Crippen MR) is 88.0 cm³/mol. The number of methoxy groups -OCH3 is 1. The highest BCUT2D eigenvalue weighted by Crippen LogP contribution is 2.27. The van der Waals surface area contributed by atoms with Crippen LogP contribution in [0.25, 0.3) is 0 Å². The van der Waals surface area contributed by atoms with Gasteiger partial charge in [0.25, 0.3) is 0 Å². The molecule has 3 N–H and O–H groups in total. The summed E-state index contributed by atoms with van der Waals surface area (Å²) in [6.45, 7) is 0. The number of phenolic OH excluding ortho intramolecular Hbond substituents is 1. The number of nitrogens with one attached hydrogen (secondary N) is 2. The third kappa shape index (κ3) is 4.60. The van der Waals surface area contributed by atoms with E-state index in [4.69, 9.17) is 17.0 Å². The molecular weight excluding hydrogens is 286 g/mol. The van der Waals surface area contributed by atoms with Crippen molar-refractivity contribution in [3.63, 3.8) is 0 Å². The number of hydrazone groups is 1. The quantitative estimate of drug-likeness (QED) is 0.453. The Morgan fingerprint density at radius 1 is 1.38 bits per heavy atom. The fraction of sp³-hybridized carbons (Fsp3) is 0.467. The molecule has 0 aromatic heterocycles. The molecular formula is C15H21N3O2S. The summed E-state index contributed by atoms with van der Waals surface area (Å²) in [5, 5.41) is 17.7.